The van der Waals surface area contributed by atoms with Gasteiger partial charge in [-0.05, 0) is 12.1 Å². The molecule has 0 spiro atoms. The van der Waals surface area contributed by atoms with Crippen molar-refractivity contribution in [3.8, 4) is 0 Å². The van der Waals surface area contributed by atoms with Gasteiger partial charge in [-0.3, -0.25) is 4.79 Å². The molecule has 0 fully saturated rings. The van der Waals surface area contributed by atoms with Gasteiger partial charge >= 0.3 is 18.3 Å². The molecule has 0 heterocycles. The van der Waals surface area contributed by atoms with Crippen LogP contribution in [0.1, 0.15) is 5.56 Å². The number of carbonyl (C=O) groups is 1. The Labute approximate surface area is 123 Å². The van der Waals surface area contributed by atoms with Crippen molar-refractivity contribution in [2.75, 3.05) is 0 Å². The molecule has 0 aliphatic heterocycles. The highest BCUT2D eigenvalue weighted by Crippen LogP contribution is 2.41. The predicted octanol–water partition coefficient (Wildman–Crippen LogP) is 2.75. The van der Waals surface area contributed by atoms with Crippen LogP contribution in [0.15, 0.2) is 18.2 Å². The number of hydrogen-bond donors (Lipinski definition) is 0. The minimum atomic E-state index is -6.47. The molecule has 11 heteroatoms. The van der Waals surface area contributed by atoms with Gasteiger partial charge in [0, 0.05) is 10.6 Å². The van der Waals surface area contributed by atoms with E-state index in [9.17, 15) is 40.6 Å². The summed E-state index contributed by atoms with van der Waals surface area (Å²) in [6.07, 6.45) is -12.9. The fourth-order valence-corrected chi connectivity index (χ4v) is 1.43. The molecule has 22 heavy (non-hydrogen) atoms. The van der Waals surface area contributed by atoms with Gasteiger partial charge in [0.2, 0.25) is 0 Å². The van der Waals surface area contributed by atoms with Gasteiger partial charge in [0.25, 0.3) is 0 Å². The highest BCUT2D eigenvalue weighted by atomic mass is 35.5. The maximum atomic E-state index is 13.3. The van der Waals surface area contributed by atoms with E-state index in [1.165, 1.54) is 0 Å². The number of carbonyl (C=O) groups excluding carboxylic acids is 1. The topological polar surface area (TPSA) is 49.4 Å². The maximum Gasteiger partial charge on any atom is 0.399 e. The van der Waals surface area contributed by atoms with E-state index in [1.54, 1.807) is 0 Å². The molecule has 0 N–H and O–H groups in total. The molecule has 0 saturated carbocycles. The number of hydrogen-bond acceptors (Lipinski definition) is 3. The van der Waals surface area contributed by atoms with E-state index in [4.69, 9.17) is 11.6 Å². The van der Waals surface area contributed by atoms with E-state index in [0.717, 1.165) is 12.1 Å². The van der Waals surface area contributed by atoms with Crippen molar-refractivity contribution in [1.82, 2.24) is 0 Å². The van der Waals surface area contributed by atoms with Crippen LogP contribution in [0.5, 0.6) is 0 Å². The number of ether oxygens (including phenoxy) is 1. The zero-order valence-electron chi connectivity index (χ0n) is 10.2. The lowest BCUT2D eigenvalue weighted by atomic mass is 10.0. The summed E-state index contributed by atoms with van der Waals surface area (Å²) >= 11 is 5.38. The summed E-state index contributed by atoms with van der Waals surface area (Å²) in [6.45, 7) is -1.29. The highest BCUT2D eigenvalue weighted by Gasteiger charge is 2.68. The first-order valence-electron chi connectivity index (χ1n) is 5.25. The number of benzene rings is 1. The van der Waals surface area contributed by atoms with Gasteiger partial charge in [0.1, 0.15) is 12.4 Å². The molecule has 1 aromatic carbocycles. The van der Waals surface area contributed by atoms with E-state index < -0.39 is 41.9 Å². The Bertz CT molecular complexity index is 554. The summed E-state index contributed by atoms with van der Waals surface area (Å²) < 4.78 is 90.7. The van der Waals surface area contributed by atoms with Crippen LogP contribution in [0.3, 0.4) is 0 Å². The van der Waals surface area contributed by atoms with E-state index in [2.05, 4.69) is 4.74 Å². The first-order valence-corrected chi connectivity index (χ1v) is 5.63. The summed E-state index contributed by atoms with van der Waals surface area (Å²) in [4.78, 5) is 11.0. The maximum absolute atomic E-state index is 13.3. The van der Waals surface area contributed by atoms with Gasteiger partial charge in [-0.15, -0.1) is 0 Å². The quantitative estimate of drug-likeness (QED) is 0.620. The second-order valence-electron chi connectivity index (χ2n) is 3.99. The first kappa shape index (κ1) is 18.5. The molecule has 1 aromatic rings. The normalized spacial score (nSPS) is 13.1. The Hall–Kier alpha value is -1.55. The van der Waals surface area contributed by atoms with Gasteiger partial charge in [0.15, 0.2) is 5.60 Å². The van der Waals surface area contributed by atoms with Crippen molar-refractivity contribution in [1.29, 1.82) is 0 Å². The van der Waals surface area contributed by atoms with Crippen LogP contribution in [0, 0.1) is 5.82 Å². The molecule has 3 nitrogen and oxygen atoms in total. The Morgan fingerprint density at radius 1 is 1.14 bits per heavy atom. The Morgan fingerprint density at radius 3 is 2.05 bits per heavy atom. The fourth-order valence-electron chi connectivity index (χ4n) is 1.28. The van der Waals surface area contributed by atoms with Crippen molar-refractivity contribution < 1.29 is 45.4 Å². The highest BCUT2D eigenvalue weighted by molar-refractivity contribution is 6.30. The summed E-state index contributed by atoms with van der Waals surface area (Å²) in [5.74, 6) is -4.25. The van der Waals surface area contributed by atoms with Crippen molar-refractivity contribution in [3.63, 3.8) is 0 Å². The third-order valence-electron chi connectivity index (χ3n) is 2.46. The third-order valence-corrected chi connectivity index (χ3v) is 2.69. The van der Waals surface area contributed by atoms with Gasteiger partial charge in [0.05, 0.1) is 0 Å². The van der Waals surface area contributed by atoms with Crippen LogP contribution in [-0.2, 0) is 16.1 Å². The molecule has 0 radical (unpaired) electrons. The number of alkyl halides is 6. The van der Waals surface area contributed by atoms with Crippen LogP contribution < -0.4 is 5.11 Å². The van der Waals surface area contributed by atoms with Gasteiger partial charge in [-0.2, -0.15) is 26.3 Å². The van der Waals surface area contributed by atoms with E-state index in [1.807, 2.05) is 0 Å². The molecule has 0 amide bonds. The van der Waals surface area contributed by atoms with E-state index in [-0.39, 0.29) is 5.02 Å². The van der Waals surface area contributed by atoms with Gasteiger partial charge in [-0.25, -0.2) is 4.39 Å². The number of esters is 1. The average Bonchev–Trinajstić information content (AvgIpc) is 2.33. The molecule has 0 unspecified atom stereocenters. The Balaban J connectivity index is 2.99. The van der Waals surface area contributed by atoms with Crippen LogP contribution in [0.2, 0.25) is 5.02 Å². The van der Waals surface area contributed by atoms with E-state index in [0.29, 0.717) is 6.07 Å². The third kappa shape index (κ3) is 3.43. The summed E-state index contributed by atoms with van der Waals surface area (Å²) in [6, 6.07) is 2.63. The van der Waals surface area contributed by atoms with Crippen LogP contribution >= 0.6 is 11.6 Å². The largest absolute Gasteiger partial charge is 0.828 e. The monoisotopic (exact) mass is 353 g/mol. The Kier molecular flexibility index (Phi) is 4.98. The number of halogens is 8. The summed E-state index contributed by atoms with van der Waals surface area (Å²) in [5.41, 5.74) is -6.51. The minimum Gasteiger partial charge on any atom is -0.828 e. The Morgan fingerprint density at radius 2 is 1.64 bits per heavy atom. The van der Waals surface area contributed by atoms with Gasteiger partial charge < -0.3 is 9.84 Å². The van der Waals surface area contributed by atoms with E-state index >= 15 is 0 Å². The molecule has 0 aliphatic carbocycles. The summed E-state index contributed by atoms with van der Waals surface area (Å²) in [5, 5.41) is 10.9. The molecule has 0 aromatic heterocycles. The molecule has 1 rings (SSSR count). The predicted molar refractivity (Wildman–Crippen MR) is 56.0 cm³/mol. The van der Waals surface area contributed by atoms with Crippen molar-refractivity contribution in [3.05, 3.63) is 34.6 Å². The molecular formula is C11H5ClF7O3-. The van der Waals surface area contributed by atoms with Crippen LogP contribution in [0.4, 0.5) is 30.7 Å². The molecule has 0 aliphatic rings. The lowest BCUT2D eigenvalue weighted by Gasteiger charge is -2.40. The molecule has 0 atom stereocenters. The average molecular weight is 354 g/mol. The second kappa shape index (κ2) is 5.92. The standard InChI is InChI=1S/C11H5ClF7O3/c12-6-2-1-5(7(13)3-6)4-22-8(20)9(21,10(14,15)16)11(17,18)19/h1-3H,4H2/q-1. The lowest BCUT2D eigenvalue weighted by molar-refractivity contribution is -0.574. The van der Waals surface area contributed by atoms with Crippen LogP contribution in [-0.4, -0.2) is 23.9 Å². The zero-order valence-corrected chi connectivity index (χ0v) is 10.9. The second-order valence-corrected chi connectivity index (χ2v) is 4.43. The molecule has 0 saturated heterocycles. The van der Waals surface area contributed by atoms with Crippen LogP contribution in [0.25, 0.3) is 0 Å². The zero-order chi connectivity index (χ0) is 17.3. The van der Waals surface area contributed by atoms with Crippen molar-refractivity contribution in [2.45, 2.75) is 24.6 Å². The molecule has 0 bridgehead atoms. The van der Waals surface area contributed by atoms with Crippen molar-refractivity contribution >= 4 is 17.6 Å². The fraction of sp³-hybridized carbons (Fsp3) is 0.364. The first-order chi connectivity index (χ1) is 9.80. The summed E-state index contributed by atoms with van der Waals surface area (Å²) in [7, 11) is 0. The molecular weight excluding hydrogens is 349 g/mol. The van der Waals surface area contributed by atoms with Crippen molar-refractivity contribution in [2.24, 2.45) is 0 Å². The smallest absolute Gasteiger partial charge is 0.399 e. The molecule has 124 valence electrons. The number of rotatable bonds is 3. The minimum absolute atomic E-state index is 0.101. The SMILES string of the molecule is O=C(OCc1ccc(Cl)cc1F)C([O-])(C(F)(F)F)C(F)(F)F. The van der Waals surface area contributed by atoms with Gasteiger partial charge in [-0.1, -0.05) is 17.7 Å². The lowest BCUT2D eigenvalue weighted by Crippen LogP contribution is -2.71.